The molecule has 0 saturated carbocycles. The minimum atomic E-state index is -0.285. The molecule has 1 aliphatic rings. The fraction of sp³-hybridized carbons (Fsp3) is 0.529. The number of morpholine rings is 1. The molecule has 0 radical (unpaired) electrons. The second-order valence-corrected chi connectivity index (χ2v) is 5.47. The summed E-state index contributed by atoms with van der Waals surface area (Å²) in [5, 5.41) is 6.00. The highest BCUT2D eigenvalue weighted by Crippen LogP contribution is 2.08. The van der Waals surface area contributed by atoms with Crippen LogP contribution in [0.15, 0.2) is 24.3 Å². The average Bonchev–Trinajstić information content (AvgIpc) is 2.61. The van der Waals surface area contributed by atoms with Crippen LogP contribution >= 0.6 is 12.4 Å². The van der Waals surface area contributed by atoms with E-state index in [-0.39, 0.29) is 30.3 Å². The molecule has 24 heavy (non-hydrogen) atoms. The lowest BCUT2D eigenvalue weighted by Crippen LogP contribution is -2.51. The standard InChI is InChI=1S/C17H25N3O3.ClH/c1-3-20(4-2)17(22)14-7-5-13(6-8-14)11-19-16(21)15-12-23-10-9-18-15;/h5-8,15,18H,3-4,9-12H2,1-2H3,(H,19,21);1H. The fourth-order valence-corrected chi connectivity index (χ4v) is 2.50. The number of hydrogen-bond acceptors (Lipinski definition) is 4. The third kappa shape index (κ3) is 5.47. The van der Waals surface area contributed by atoms with Crippen LogP contribution in [0.5, 0.6) is 0 Å². The highest BCUT2D eigenvalue weighted by molar-refractivity contribution is 5.94. The predicted molar refractivity (Wildman–Crippen MR) is 95.4 cm³/mol. The Kier molecular flexibility index (Phi) is 8.74. The van der Waals surface area contributed by atoms with Gasteiger partial charge in [0.1, 0.15) is 6.04 Å². The van der Waals surface area contributed by atoms with Crippen LogP contribution < -0.4 is 10.6 Å². The number of carbonyl (C=O) groups excluding carboxylic acids is 2. The fourth-order valence-electron chi connectivity index (χ4n) is 2.50. The SMILES string of the molecule is CCN(CC)C(=O)c1ccc(CNC(=O)C2COCCN2)cc1.Cl. The Bertz CT molecular complexity index is 526. The molecule has 1 unspecified atom stereocenters. The predicted octanol–water partition coefficient (Wildman–Crippen LogP) is 1.19. The van der Waals surface area contributed by atoms with Gasteiger partial charge >= 0.3 is 0 Å². The van der Waals surface area contributed by atoms with Gasteiger partial charge < -0.3 is 20.3 Å². The van der Waals surface area contributed by atoms with E-state index < -0.39 is 0 Å². The third-order valence-electron chi connectivity index (χ3n) is 3.96. The zero-order valence-electron chi connectivity index (χ0n) is 14.2. The van der Waals surface area contributed by atoms with Gasteiger partial charge in [0.25, 0.3) is 5.91 Å². The molecule has 0 aromatic heterocycles. The first kappa shape index (κ1) is 20.4. The number of ether oxygens (including phenoxy) is 1. The molecule has 1 aromatic rings. The van der Waals surface area contributed by atoms with E-state index in [2.05, 4.69) is 10.6 Å². The minimum absolute atomic E-state index is 0. The third-order valence-corrected chi connectivity index (χ3v) is 3.96. The van der Waals surface area contributed by atoms with E-state index in [0.29, 0.717) is 45.0 Å². The highest BCUT2D eigenvalue weighted by atomic mass is 35.5. The molecule has 1 heterocycles. The van der Waals surface area contributed by atoms with Crippen molar-refractivity contribution in [1.29, 1.82) is 0 Å². The van der Waals surface area contributed by atoms with E-state index in [1.54, 1.807) is 4.90 Å². The van der Waals surface area contributed by atoms with Gasteiger partial charge in [0.15, 0.2) is 0 Å². The van der Waals surface area contributed by atoms with Crippen molar-refractivity contribution >= 4 is 24.2 Å². The molecule has 1 aliphatic heterocycles. The quantitative estimate of drug-likeness (QED) is 0.804. The molecule has 0 spiro atoms. The van der Waals surface area contributed by atoms with Crippen molar-refractivity contribution in [2.45, 2.75) is 26.4 Å². The maximum absolute atomic E-state index is 12.2. The van der Waals surface area contributed by atoms with E-state index in [1.165, 1.54) is 0 Å². The van der Waals surface area contributed by atoms with Gasteiger partial charge in [0, 0.05) is 31.7 Å². The van der Waals surface area contributed by atoms with E-state index in [1.807, 2.05) is 38.1 Å². The maximum atomic E-state index is 12.2. The van der Waals surface area contributed by atoms with Crippen LogP contribution in [0.3, 0.4) is 0 Å². The molecule has 0 bridgehead atoms. The summed E-state index contributed by atoms with van der Waals surface area (Å²) >= 11 is 0. The van der Waals surface area contributed by atoms with Gasteiger partial charge in [0.2, 0.25) is 5.91 Å². The molecule has 134 valence electrons. The number of nitrogens with zero attached hydrogens (tertiary/aromatic N) is 1. The van der Waals surface area contributed by atoms with Crippen LogP contribution in [-0.2, 0) is 16.1 Å². The summed E-state index contributed by atoms with van der Waals surface area (Å²) in [7, 11) is 0. The van der Waals surface area contributed by atoms with Gasteiger partial charge in [-0.1, -0.05) is 12.1 Å². The first-order valence-electron chi connectivity index (χ1n) is 8.12. The summed E-state index contributed by atoms with van der Waals surface area (Å²) in [5.41, 5.74) is 1.64. The van der Waals surface area contributed by atoms with Crippen LogP contribution in [0.4, 0.5) is 0 Å². The Balaban J connectivity index is 0.00000288. The number of benzene rings is 1. The molecule has 7 heteroatoms. The Morgan fingerprint density at radius 1 is 1.25 bits per heavy atom. The van der Waals surface area contributed by atoms with Gasteiger partial charge in [-0.25, -0.2) is 0 Å². The van der Waals surface area contributed by atoms with Crippen molar-refractivity contribution in [2.24, 2.45) is 0 Å². The second-order valence-electron chi connectivity index (χ2n) is 5.47. The average molecular weight is 356 g/mol. The molecule has 2 rings (SSSR count). The van der Waals surface area contributed by atoms with Crippen molar-refractivity contribution in [3.63, 3.8) is 0 Å². The number of carbonyl (C=O) groups is 2. The Hall–Kier alpha value is -1.63. The lowest BCUT2D eigenvalue weighted by molar-refractivity contribution is -0.126. The highest BCUT2D eigenvalue weighted by Gasteiger charge is 2.20. The molecule has 2 N–H and O–H groups in total. The molecular weight excluding hydrogens is 330 g/mol. The van der Waals surface area contributed by atoms with Gasteiger partial charge in [-0.3, -0.25) is 9.59 Å². The van der Waals surface area contributed by atoms with Crippen LogP contribution in [0, 0.1) is 0 Å². The Morgan fingerprint density at radius 2 is 1.92 bits per heavy atom. The number of nitrogens with one attached hydrogen (secondary N) is 2. The lowest BCUT2D eigenvalue weighted by atomic mass is 10.1. The summed E-state index contributed by atoms with van der Waals surface area (Å²) in [6.45, 7) is 7.52. The van der Waals surface area contributed by atoms with Gasteiger partial charge in [-0.2, -0.15) is 0 Å². The monoisotopic (exact) mass is 355 g/mol. The topological polar surface area (TPSA) is 70.7 Å². The van der Waals surface area contributed by atoms with Gasteiger partial charge in [-0.15, -0.1) is 12.4 Å². The van der Waals surface area contributed by atoms with Crippen molar-refractivity contribution in [3.05, 3.63) is 35.4 Å². The molecule has 6 nitrogen and oxygen atoms in total. The number of rotatable bonds is 6. The summed E-state index contributed by atoms with van der Waals surface area (Å²) in [6.07, 6.45) is 0. The smallest absolute Gasteiger partial charge is 0.253 e. The van der Waals surface area contributed by atoms with E-state index in [9.17, 15) is 9.59 Å². The summed E-state index contributed by atoms with van der Waals surface area (Å²) in [4.78, 5) is 26.0. The summed E-state index contributed by atoms with van der Waals surface area (Å²) in [6, 6.07) is 7.09. The number of amides is 2. The number of halogens is 1. The van der Waals surface area contributed by atoms with Crippen LogP contribution in [0.25, 0.3) is 0 Å². The lowest BCUT2D eigenvalue weighted by Gasteiger charge is -2.23. The number of hydrogen-bond donors (Lipinski definition) is 2. The molecule has 1 aromatic carbocycles. The van der Waals surface area contributed by atoms with E-state index in [0.717, 1.165) is 5.56 Å². The zero-order valence-corrected chi connectivity index (χ0v) is 15.0. The molecule has 0 aliphatic carbocycles. The Morgan fingerprint density at radius 3 is 2.46 bits per heavy atom. The maximum Gasteiger partial charge on any atom is 0.253 e. The van der Waals surface area contributed by atoms with Crippen molar-refractivity contribution in [3.8, 4) is 0 Å². The first-order chi connectivity index (χ1) is 11.2. The molecule has 1 saturated heterocycles. The summed E-state index contributed by atoms with van der Waals surface area (Å²) < 4.78 is 5.28. The molecule has 1 atom stereocenters. The van der Waals surface area contributed by atoms with Crippen molar-refractivity contribution in [1.82, 2.24) is 15.5 Å². The second kappa shape index (κ2) is 10.3. The molecule has 2 amide bonds. The van der Waals surface area contributed by atoms with Crippen LogP contribution in [-0.4, -0.2) is 55.6 Å². The minimum Gasteiger partial charge on any atom is -0.378 e. The molecular formula is C17H26ClN3O3. The first-order valence-corrected chi connectivity index (χ1v) is 8.12. The van der Waals surface area contributed by atoms with Gasteiger partial charge in [-0.05, 0) is 31.5 Å². The largest absolute Gasteiger partial charge is 0.378 e. The van der Waals surface area contributed by atoms with Crippen molar-refractivity contribution in [2.75, 3.05) is 32.8 Å². The van der Waals surface area contributed by atoms with Crippen LogP contribution in [0.2, 0.25) is 0 Å². The van der Waals surface area contributed by atoms with E-state index in [4.69, 9.17) is 4.74 Å². The normalized spacial score (nSPS) is 16.8. The Labute approximate surface area is 149 Å². The van der Waals surface area contributed by atoms with Gasteiger partial charge in [0.05, 0.1) is 13.2 Å². The summed E-state index contributed by atoms with van der Waals surface area (Å²) in [5.74, 6) is -0.0258. The zero-order chi connectivity index (χ0) is 16.7. The van der Waals surface area contributed by atoms with Crippen molar-refractivity contribution < 1.29 is 14.3 Å². The molecule has 1 fully saturated rings. The van der Waals surface area contributed by atoms with E-state index >= 15 is 0 Å². The van der Waals surface area contributed by atoms with Crippen LogP contribution in [0.1, 0.15) is 29.8 Å².